The standard InChI is InChI=1S/C20H30F3N5O4S.C10H10N2O.C2H6/c21-20(22,23)19-25-16(27-9-1-2-10-27)14-17(26-19)28-11-6-15(7-12-28)4-3-5-18(29)24-8-13-33(30,31)32;11-7-10-3-1-9(2-4-10)5-6-12-8-13;1-2/h14-15H,1-13H2,(H,24,29)(H,30,31,32);1-4,8H,5-6H2,(H,12,13);1-2H3. The third-order valence-electron chi connectivity index (χ3n) is 7.74. The van der Waals surface area contributed by atoms with Crippen molar-refractivity contribution in [3.8, 4) is 6.07 Å². The lowest BCUT2D eigenvalue weighted by molar-refractivity contribution is -0.144. The van der Waals surface area contributed by atoms with Gasteiger partial charge in [-0.05, 0) is 68.6 Å². The molecule has 1 aromatic heterocycles. The Balaban J connectivity index is 0.000000445. The number of hydrogen-bond donors (Lipinski definition) is 3. The van der Waals surface area contributed by atoms with Crippen molar-refractivity contribution in [1.82, 2.24) is 20.6 Å². The summed E-state index contributed by atoms with van der Waals surface area (Å²) in [7, 11) is -4.10. The van der Waals surface area contributed by atoms with Crippen molar-refractivity contribution in [3.05, 3.63) is 47.3 Å². The van der Waals surface area contributed by atoms with Crippen molar-refractivity contribution in [3.63, 3.8) is 0 Å². The average molecular weight is 698 g/mol. The fourth-order valence-electron chi connectivity index (χ4n) is 5.25. The Bertz CT molecular complexity index is 1420. The molecule has 0 radical (unpaired) electrons. The van der Waals surface area contributed by atoms with Crippen molar-refractivity contribution >= 4 is 34.1 Å². The molecule has 0 saturated carbocycles. The number of amides is 2. The van der Waals surface area contributed by atoms with Crippen LogP contribution >= 0.6 is 0 Å². The van der Waals surface area contributed by atoms with Crippen molar-refractivity contribution in [1.29, 1.82) is 5.26 Å². The van der Waals surface area contributed by atoms with Crippen LogP contribution in [-0.4, -0.2) is 80.3 Å². The molecule has 2 aliphatic rings. The largest absolute Gasteiger partial charge is 0.451 e. The summed E-state index contributed by atoms with van der Waals surface area (Å²) >= 11 is 0. The number of aromatic nitrogens is 2. The number of benzene rings is 1. The van der Waals surface area contributed by atoms with Gasteiger partial charge in [0.05, 0.1) is 17.4 Å². The Labute approximate surface area is 280 Å². The highest BCUT2D eigenvalue weighted by Gasteiger charge is 2.37. The second kappa shape index (κ2) is 20.4. The number of rotatable bonds is 13. The Morgan fingerprint density at radius 3 is 2.15 bits per heavy atom. The van der Waals surface area contributed by atoms with Crippen LogP contribution in [-0.2, 0) is 32.3 Å². The van der Waals surface area contributed by atoms with Crippen LogP contribution in [0.1, 0.15) is 75.7 Å². The lowest BCUT2D eigenvalue weighted by Gasteiger charge is -2.33. The van der Waals surface area contributed by atoms with Gasteiger partial charge in [-0.3, -0.25) is 14.1 Å². The Hall–Kier alpha value is -3.97. The van der Waals surface area contributed by atoms with Crippen LogP contribution in [0, 0.1) is 17.2 Å². The molecular weight excluding hydrogens is 651 g/mol. The van der Waals surface area contributed by atoms with E-state index in [1.165, 1.54) is 0 Å². The molecule has 0 unspecified atom stereocenters. The van der Waals surface area contributed by atoms with Crippen molar-refractivity contribution in [2.24, 2.45) is 5.92 Å². The fraction of sp³-hybridized carbons (Fsp3) is 0.594. The van der Waals surface area contributed by atoms with Gasteiger partial charge in [0.25, 0.3) is 10.1 Å². The van der Waals surface area contributed by atoms with E-state index in [4.69, 9.17) is 9.81 Å². The zero-order valence-electron chi connectivity index (χ0n) is 27.5. The van der Waals surface area contributed by atoms with Gasteiger partial charge < -0.3 is 20.4 Å². The number of alkyl halides is 3. The quantitative estimate of drug-likeness (QED) is 0.155. The highest BCUT2D eigenvalue weighted by Crippen LogP contribution is 2.33. The molecular formula is C32H46F3N7O5S. The van der Waals surface area contributed by atoms with E-state index in [2.05, 4.69) is 20.6 Å². The summed E-state index contributed by atoms with van der Waals surface area (Å²) < 4.78 is 70.1. The van der Waals surface area contributed by atoms with Crippen molar-refractivity contribution < 1.29 is 35.7 Å². The zero-order valence-corrected chi connectivity index (χ0v) is 28.3. The second-order valence-electron chi connectivity index (χ2n) is 11.2. The molecule has 16 heteroatoms. The molecule has 48 heavy (non-hydrogen) atoms. The maximum atomic E-state index is 13.4. The molecule has 4 rings (SSSR count). The first-order valence-corrected chi connectivity index (χ1v) is 17.8. The Morgan fingerprint density at radius 2 is 1.62 bits per heavy atom. The SMILES string of the molecule is CC.N#Cc1ccc(CCNC=O)cc1.O=C(CCCC1CCN(c2cc(N3CCCC3)nc(C(F)(F)F)n2)CC1)NCCS(=O)(=O)O. The molecule has 0 bridgehead atoms. The molecule has 0 atom stereocenters. The maximum absolute atomic E-state index is 13.4. The number of carbonyl (C=O) groups is 2. The average Bonchev–Trinajstić information content (AvgIpc) is 3.61. The maximum Gasteiger partial charge on any atom is 0.451 e. The number of carbonyl (C=O) groups excluding carboxylic acids is 2. The summed E-state index contributed by atoms with van der Waals surface area (Å²) in [5, 5.41) is 13.6. The van der Waals surface area contributed by atoms with Gasteiger partial charge in [-0.2, -0.15) is 26.9 Å². The number of nitrogens with one attached hydrogen (secondary N) is 2. The number of nitrogens with zero attached hydrogens (tertiary/aromatic N) is 5. The van der Waals surface area contributed by atoms with Crippen LogP contribution in [0.4, 0.5) is 24.8 Å². The summed E-state index contributed by atoms with van der Waals surface area (Å²) in [6.07, 6.45) is 2.01. The topological polar surface area (TPSA) is 169 Å². The molecule has 2 aromatic rings. The minimum absolute atomic E-state index is 0.131. The lowest BCUT2D eigenvalue weighted by atomic mass is 9.91. The molecule has 3 N–H and O–H groups in total. The summed E-state index contributed by atoms with van der Waals surface area (Å²) in [6, 6.07) is 11.0. The van der Waals surface area contributed by atoms with Gasteiger partial charge in [-0.1, -0.05) is 26.0 Å². The van der Waals surface area contributed by atoms with Gasteiger partial charge in [-0.15, -0.1) is 0 Å². The monoisotopic (exact) mass is 697 g/mol. The first-order chi connectivity index (χ1) is 22.9. The fourth-order valence-corrected chi connectivity index (χ4v) is 5.61. The van der Waals surface area contributed by atoms with E-state index in [1.807, 2.05) is 41.8 Å². The minimum atomic E-state index is -4.61. The molecule has 2 fully saturated rings. The molecule has 2 aliphatic heterocycles. The van der Waals surface area contributed by atoms with Crippen molar-refractivity contribution in [2.45, 2.75) is 71.4 Å². The summed E-state index contributed by atoms with van der Waals surface area (Å²) in [5.74, 6) is -0.914. The molecule has 12 nitrogen and oxygen atoms in total. The van der Waals surface area contributed by atoms with Gasteiger partial charge in [-0.25, -0.2) is 9.97 Å². The van der Waals surface area contributed by atoms with E-state index in [0.29, 0.717) is 68.7 Å². The molecule has 3 heterocycles. The van der Waals surface area contributed by atoms with E-state index in [0.717, 1.165) is 44.1 Å². The van der Waals surface area contributed by atoms with Crippen LogP contribution in [0.25, 0.3) is 0 Å². The van der Waals surface area contributed by atoms with Crippen LogP contribution < -0.4 is 20.4 Å². The molecule has 266 valence electrons. The molecule has 2 amide bonds. The van der Waals surface area contributed by atoms with E-state index < -0.39 is 27.9 Å². The lowest BCUT2D eigenvalue weighted by Crippen LogP contribution is -2.35. The van der Waals surface area contributed by atoms with Gasteiger partial charge in [0.15, 0.2) is 0 Å². The third kappa shape index (κ3) is 14.8. The van der Waals surface area contributed by atoms with Crippen LogP contribution in [0.5, 0.6) is 0 Å². The van der Waals surface area contributed by atoms with Gasteiger partial charge in [0, 0.05) is 51.8 Å². The van der Waals surface area contributed by atoms with Crippen LogP contribution in [0.3, 0.4) is 0 Å². The summed E-state index contributed by atoms with van der Waals surface area (Å²) in [6.45, 7) is 7.06. The second-order valence-corrected chi connectivity index (χ2v) is 12.8. The zero-order chi connectivity index (χ0) is 35.6. The number of anilines is 2. The number of hydrogen-bond acceptors (Lipinski definition) is 9. The van der Waals surface area contributed by atoms with E-state index in [9.17, 15) is 31.2 Å². The highest BCUT2D eigenvalue weighted by molar-refractivity contribution is 7.85. The smallest absolute Gasteiger partial charge is 0.358 e. The predicted octanol–water partition coefficient (Wildman–Crippen LogP) is 4.36. The van der Waals surface area contributed by atoms with Crippen molar-refractivity contribution in [2.75, 3.05) is 54.8 Å². The molecule has 1 aromatic carbocycles. The first kappa shape index (κ1) is 40.2. The van der Waals surface area contributed by atoms with E-state index in [1.54, 1.807) is 18.2 Å². The highest BCUT2D eigenvalue weighted by atomic mass is 32.2. The predicted molar refractivity (Wildman–Crippen MR) is 177 cm³/mol. The molecule has 0 spiro atoms. The Kier molecular flexibility index (Phi) is 17.1. The molecule has 0 aliphatic carbocycles. The number of nitriles is 1. The van der Waals surface area contributed by atoms with Crippen LogP contribution in [0.2, 0.25) is 0 Å². The van der Waals surface area contributed by atoms with Crippen LogP contribution in [0.15, 0.2) is 30.3 Å². The Morgan fingerprint density at radius 1 is 1.04 bits per heavy atom. The van der Waals surface area contributed by atoms with E-state index in [-0.39, 0.29) is 18.9 Å². The normalized spacial score (nSPS) is 14.9. The number of piperidine rings is 1. The summed E-state index contributed by atoms with van der Waals surface area (Å²) in [4.78, 5) is 33.0. The van der Waals surface area contributed by atoms with Gasteiger partial charge in [0.1, 0.15) is 11.6 Å². The van der Waals surface area contributed by atoms with Gasteiger partial charge >= 0.3 is 6.18 Å². The minimum Gasteiger partial charge on any atom is -0.358 e. The van der Waals surface area contributed by atoms with Gasteiger partial charge in [0.2, 0.25) is 18.1 Å². The van der Waals surface area contributed by atoms with E-state index >= 15 is 0 Å². The summed E-state index contributed by atoms with van der Waals surface area (Å²) in [5.41, 5.74) is 1.78. The third-order valence-corrected chi connectivity index (χ3v) is 8.46. The first-order valence-electron chi connectivity index (χ1n) is 16.2. The molecule has 2 saturated heterocycles. The number of halogens is 3.